The predicted octanol–water partition coefficient (Wildman–Crippen LogP) is 0.775. The first kappa shape index (κ1) is 6.62. The van der Waals surface area contributed by atoms with E-state index in [-0.39, 0.29) is 0 Å². The van der Waals surface area contributed by atoms with Crippen molar-refractivity contribution in [3.05, 3.63) is 0 Å². The van der Waals surface area contributed by atoms with Gasteiger partial charge in [0.15, 0.2) is 0 Å². The highest BCUT2D eigenvalue weighted by Gasteiger charge is 2.31. The van der Waals surface area contributed by atoms with Gasteiger partial charge in [0, 0.05) is 12.5 Å². The lowest BCUT2D eigenvalue weighted by Gasteiger charge is -2.38. The Bertz CT molecular complexity index is 102. The van der Waals surface area contributed by atoms with Gasteiger partial charge in [-0.25, -0.2) is 0 Å². The summed E-state index contributed by atoms with van der Waals surface area (Å²) in [5.74, 6) is 0.882. The summed E-state index contributed by atoms with van der Waals surface area (Å²) in [6.07, 6.45) is 4.69. The molecule has 2 heterocycles. The molecule has 1 N–H and O–H groups in total. The van der Waals surface area contributed by atoms with Gasteiger partial charge >= 0.3 is 0 Å². The first-order chi connectivity index (χ1) is 4.97. The molecule has 2 fully saturated rings. The summed E-state index contributed by atoms with van der Waals surface area (Å²) in [7, 11) is 0. The van der Waals surface area contributed by atoms with Crippen LogP contribution in [-0.4, -0.2) is 25.8 Å². The molecule has 0 aromatic heterocycles. The number of fused-ring (bicyclic) bond motifs is 1. The van der Waals surface area contributed by atoms with Crippen molar-refractivity contribution in [3.63, 3.8) is 0 Å². The van der Waals surface area contributed by atoms with E-state index in [9.17, 15) is 0 Å². The molecule has 2 aliphatic rings. The van der Waals surface area contributed by atoms with Gasteiger partial charge in [-0.15, -0.1) is 0 Å². The summed E-state index contributed by atoms with van der Waals surface area (Å²) in [6, 6.07) is 0. The van der Waals surface area contributed by atoms with E-state index in [1.165, 1.54) is 25.8 Å². The van der Waals surface area contributed by atoms with Crippen LogP contribution in [0.15, 0.2) is 0 Å². The minimum absolute atomic E-state index is 0.556. The lowest BCUT2D eigenvalue weighted by atomic mass is 9.91. The maximum atomic E-state index is 5.41. The molecule has 0 aromatic rings. The van der Waals surface area contributed by atoms with Crippen LogP contribution in [0.25, 0.3) is 0 Å². The number of hydrogen-bond donors (Lipinski definition) is 1. The third-order valence-corrected chi connectivity index (χ3v) is 2.57. The van der Waals surface area contributed by atoms with Crippen LogP contribution in [0, 0.1) is 5.92 Å². The van der Waals surface area contributed by atoms with Gasteiger partial charge in [0.2, 0.25) is 0 Å². The van der Waals surface area contributed by atoms with E-state index >= 15 is 0 Å². The van der Waals surface area contributed by atoms with Crippen LogP contribution in [-0.2, 0) is 4.74 Å². The molecule has 58 valence electrons. The average molecular weight is 141 g/mol. The molecule has 2 saturated heterocycles. The molecule has 2 atom stereocenters. The molecule has 2 nitrogen and oxygen atoms in total. The molecule has 2 heteroatoms. The van der Waals surface area contributed by atoms with Crippen LogP contribution in [0.5, 0.6) is 0 Å². The normalized spacial score (nSPS) is 40.8. The second-order valence-corrected chi connectivity index (χ2v) is 3.33. The molecule has 0 amide bonds. The quantitative estimate of drug-likeness (QED) is 0.538. The summed E-state index contributed by atoms with van der Waals surface area (Å²) in [5, 5.41) is 3.39. The molecule has 2 rings (SSSR count). The molecule has 0 aromatic carbocycles. The van der Waals surface area contributed by atoms with E-state index in [0.29, 0.717) is 6.10 Å². The molecule has 0 radical (unpaired) electrons. The molecule has 0 spiro atoms. The van der Waals surface area contributed by atoms with E-state index in [1.807, 2.05) is 0 Å². The fraction of sp³-hybridized carbons (Fsp3) is 1.00. The largest absolute Gasteiger partial charge is 0.376 e. The minimum atomic E-state index is 0.556. The smallest absolute Gasteiger partial charge is 0.0749 e. The summed E-state index contributed by atoms with van der Waals surface area (Å²) >= 11 is 0. The molecular formula is C8H15NO. The Balaban J connectivity index is 1.83. The zero-order valence-corrected chi connectivity index (χ0v) is 6.31. The van der Waals surface area contributed by atoms with Gasteiger partial charge < -0.3 is 10.1 Å². The van der Waals surface area contributed by atoms with Gasteiger partial charge in [-0.3, -0.25) is 0 Å². The van der Waals surface area contributed by atoms with Crippen molar-refractivity contribution in [2.75, 3.05) is 19.7 Å². The fourth-order valence-corrected chi connectivity index (χ4v) is 1.76. The highest BCUT2D eigenvalue weighted by molar-refractivity contribution is 4.81. The maximum Gasteiger partial charge on any atom is 0.0749 e. The van der Waals surface area contributed by atoms with Gasteiger partial charge in [0.25, 0.3) is 0 Å². The van der Waals surface area contributed by atoms with Crippen LogP contribution < -0.4 is 5.32 Å². The lowest BCUT2D eigenvalue weighted by molar-refractivity contribution is -0.117. The zero-order valence-electron chi connectivity index (χ0n) is 6.31. The third-order valence-electron chi connectivity index (χ3n) is 2.57. The van der Waals surface area contributed by atoms with Crippen LogP contribution >= 0.6 is 0 Å². The van der Waals surface area contributed by atoms with Crippen LogP contribution in [0.2, 0.25) is 0 Å². The Kier molecular flexibility index (Phi) is 1.91. The van der Waals surface area contributed by atoms with Gasteiger partial charge in [-0.1, -0.05) is 6.42 Å². The summed E-state index contributed by atoms with van der Waals surface area (Å²) in [6.45, 7) is 3.30. The number of nitrogens with one attached hydrogen (secondary N) is 1. The summed E-state index contributed by atoms with van der Waals surface area (Å²) in [4.78, 5) is 0. The van der Waals surface area contributed by atoms with Crippen LogP contribution in [0.3, 0.4) is 0 Å². The Hall–Kier alpha value is -0.0800. The van der Waals surface area contributed by atoms with E-state index in [2.05, 4.69) is 5.32 Å². The third kappa shape index (κ3) is 1.18. The van der Waals surface area contributed by atoms with Crippen molar-refractivity contribution in [1.29, 1.82) is 0 Å². The number of rotatable bonds is 0. The first-order valence-corrected chi connectivity index (χ1v) is 4.29. The Morgan fingerprint density at radius 1 is 1.30 bits per heavy atom. The molecule has 2 aliphatic heterocycles. The number of hydrogen-bond acceptors (Lipinski definition) is 2. The molecule has 0 bridgehead atoms. The van der Waals surface area contributed by atoms with Crippen LogP contribution in [0.1, 0.15) is 19.3 Å². The van der Waals surface area contributed by atoms with Crippen molar-refractivity contribution in [2.24, 2.45) is 5.92 Å². The fourth-order valence-electron chi connectivity index (χ4n) is 1.76. The lowest BCUT2D eigenvalue weighted by Crippen LogP contribution is -2.47. The average Bonchev–Trinajstić information content (AvgIpc) is 1.89. The van der Waals surface area contributed by atoms with Gasteiger partial charge in [0.05, 0.1) is 12.7 Å². The van der Waals surface area contributed by atoms with E-state index < -0.39 is 0 Å². The summed E-state index contributed by atoms with van der Waals surface area (Å²) < 4.78 is 5.41. The van der Waals surface area contributed by atoms with Crippen molar-refractivity contribution in [2.45, 2.75) is 25.4 Å². The van der Waals surface area contributed by atoms with E-state index in [1.54, 1.807) is 0 Å². The predicted molar refractivity (Wildman–Crippen MR) is 40.0 cm³/mol. The Labute approximate surface area is 61.9 Å². The van der Waals surface area contributed by atoms with Crippen molar-refractivity contribution < 1.29 is 4.74 Å². The van der Waals surface area contributed by atoms with Gasteiger partial charge in [-0.2, -0.15) is 0 Å². The molecule has 10 heavy (non-hydrogen) atoms. The molecule has 2 unspecified atom stereocenters. The number of ether oxygens (including phenoxy) is 1. The summed E-state index contributed by atoms with van der Waals surface area (Å²) in [5.41, 5.74) is 0. The second-order valence-electron chi connectivity index (χ2n) is 3.33. The van der Waals surface area contributed by atoms with Crippen molar-refractivity contribution in [3.8, 4) is 0 Å². The second kappa shape index (κ2) is 2.89. The molecule has 0 saturated carbocycles. The SMILES string of the molecule is C1CCC2COC2CNC1. The molecule has 0 aliphatic carbocycles. The minimum Gasteiger partial charge on any atom is -0.376 e. The Morgan fingerprint density at radius 3 is 3.10 bits per heavy atom. The zero-order chi connectivity index (χ0) is 6.81. The van der Waals surface area contributed by atoms with Crippen molar-refractivity contribution in [1.82, 2.24) is 5.32 Å². The maximum absolute atomic E-state index is 5.41. The van der Waals surface area contributed by atoms with E-state index in [4.69, 9.17) is 4.74 Å². The monoisotopic (exact) mass is 141 g/mol. The highest BCUT2D eigenvalue weighted by Crippen LogP contribution is 2.26. The van der Waals surface area contributed by atoms with E-state index in [0.717, 1.165) is 19.1 Å². The van der Waals surface area contributed by atoms with Crippen molar-refractivity contribution >= 4 is 0 Å². The topological polar surface area (TPSA) is 21.3 Å². The van der Waals surface area contributed by atoms with Crippen LogP contribution in [0.4, 0.5) is 0 Å². The van der Waals surface area contributed by atoms with Gasteiger partial charge in [-0.05, 0) is 19.4 Å². The Morgan fingerprint density at radius 2 is 2.30 bits per heavy atom. The molecular weight excluding hydrogens is 126 g/mol. The van der Waals surface area contributed by atoms with Gasteiger partial charge in [0.1, 0.15) is 0 Å². The first-order valence-electron chi connectivity index (χ1n) is 4.29. The standard InChI is InChI=1S/C8H15NO/c1-2-4-9-5-8-7(3-1)6-10-8/h7-9H,1-6H2. The highest BCUT2D eigenvalue weighted by atomic mass is 16.5.